The average molecular weight is 291 g/mol. The number of carbonyl (C=O) groups excluding carboxylic acids is 1. The summed E-state index contributed by atoms with van der Waals surface area (Å²) in [6, 6.07) is 4.18. The van der Waals surface area contributed by atoms with Gasteiger partial charge in [-0.25, -0.2) is 5.10 Å². The molecule has 0 aliphatic heterocycles. The fourth-order valence-electron chi connectivity index (χ4n) is 1.64. The van der Waals surface area contributed by atoms with Crippen molar-refractivity contribution in [2.45, 2.75) is 13.8 Å². The lowest BCUT2D eigenvalue weighted by Crippen LogP contribution is -2.14. The molecule has 1 amide bonds. The Bertz CT molecular complexity index is 682. The summed E-state index contributed by atoms with van der Waals surface area (Å²) < 4.78 is 5.05. The zero-order valence-corrected chi connectivity index (χ0v) is 11.4. The van der Waals surface area contributed by atoms with Crippen molar-refractivity contribution in [2.24, 2.45) is 0 Å². The Morgan fingerprint density at radius 2 is 2.29 bits per heavy atom. The van der Waals surface area contributed by atoms with E-state index < -0.39 is 10.8 Å². The SMILES string of the molecule is CCOc1n[nH]c(NC(=O)c2cc([N+](=O)[O-])ccc2C)n1. The molecule has 0 spiro atoms. The second-order valence-corrected chi connectivity index (χ2v) is 4.11. The van der Waals surface area contributed by atoms with Gasteiger partial charge in [-0.05, 0) is 19.4 Å². The third kappa shape index (κ3) is 3.32. The molecular weight excluding hydrogens is 278 g/mol. The van der Waals surface area contributed by atoms with Gasteiger partial charge >= 0.3 is 6.01 Å². The van der Waals surface area contributed by atoms with Gasteiger partial charge < -0.3 is 4.74 Å². The van der Waals surface area contributed by atoms with E-state index in [9.17, 15) is 14.9 Å². The molecule has 2 aromatic rings. The van der Waals surface area contributed by atoms with Gasteiger partial charge in [0.2, 0.25) is 5.95 Å². The van der Waals surface area contributed by atoms with Gasteiger partial charge in [0.05, 0.1) is 11.5 Å². The number of hydrogen-bond acceptors (Lipinski definition) is 6. The van der Waals surface area contributed by atoms with Crippen molar-refractivity contribution in [3.8, 4) is 6.01 Å². The number of benzene rings is 1. The van der Waals surface area contributed by atoms with Crippen LogP contribution in [0.5, 0.6) is 6.01 Å². The summed E-state index contributed by atoms with van der Waals surface area (Å²) in [4.78, 5) is 26.2. The lowest BCUT2D eigenvalue weighted by Gasteiger charge is -2.04. The molecule has 2 N–H and O–H groups in total. The molecular formula is C12H13N5O4. The van der Waals surface area contributed by atoms with Gasteiger partial charge in [-0.3, -0.25) is 20.2 Å². The maximum Gasteiger partial charge on any atom is 0.337 e. The van der Waals surface area contributed by atoms with Crippen LogP contribution < -0.4 is 10.1 Å². The van der Waals surface area contributed by atoms with Crippen molar-refractivity contribution < 1.29 is 14.5 Å². The van der Waals surface area contributed by atoms with Gasteiger partial charge in [0.1, 0.15) is 0 Å². The molecule has 0 aliphatic rings. The molecule has 0 aliphatic carbocycles. The number of nitrogens with one attached hydrogen (secondary N) is 2. The van der Waals surface area contributed by atoms with Crippen LogP contribution in [-0.4, -0.2) is 32.6 Å². The molecule has 1 heterocycles. The number of nitrogens with zero attached hydrogens (tertiary/aromatic N) is 3. The molecule has 0 atom stereocenters. The Labute approximate surface area is 119 Å². The largest absolute Gasteiger partial charge is 0.463 e. The molecule has 0 fully saturated rings. The number of aromatic amines is 1. The molecule has 0 saturated carbocycles. The minimum absolute atomic E-state index is 0.106. The topological polar surface area (TPSA) is 123 Å². The van der Waals surface area contributed by atoms with Crippen LogP contribution in [0.4, 0.5) is 11.6 Å². The number of rotatable bonds is 5. The quantitative estimate of drug-likeness (QED) is 0.638. The minimum Gasteiger partial charge on any atom is -0.463 e. The number of ether oxygens (including phenoxy) is 1. The monoisotopic (exact) mass is 291 g/mol. The van der Waals surface area contributed by atoms with Crippen molar-refractivity contribution in [1.82, 2.24) is 15.2 Å². The maximum absolute atomic E-state index is 12.1. The maximum atomic E-state index is 12.1. The third-order valence-electron chi connectivity index (χ3n) is 2.65. The number of anilines is 1. The lowest BCUT2D eigenvalue weighted by atomic mass is 10.1. The van der Waals surface area contributed by atoms with Gasteiger partial charge in [0, 0.05) is 17.7 Å². The van der Waals surface area contributed by atoms with Crippen molar-refractivity contribution in [1.29, 1.82) is 0 Å². The van der Waals surface area contributed by atoms with Crippen LogP contribution in [0.15, 0.2) is 18.2 Å². The minimum atomic E-state index is -0.558. The molecule has 9 nitrogen and oxygen atoms in total. The van der Waals surface area contributed by atoms with Crippen molar-refractivity contribution >= 4 is 17.5 Å². The number of aryl methyl sites for hydroxylation is 1. The number of aromatic nitrogens is 3. The number of amides is 1. The molecule has 2 rings (SSSR count). The predicted octanol–water partition coefficient (Wildman–Crippen LogP) is 1.67. The van der Waals surface area contributed by atoms with Crippen LogP contribution in [0.3, 0.4) is 0 Å². The van der Waals surface area contributed by atoms with E-state index in [2.05, 4.69) is 20.5 Å². The summed E-state index contributed by atoms with van der Waals surface area (Å²) in [5.74, 6) is -0.412. The first-order valence-electron chi connectivity index (χ1n) is 6.13. The number of nitro groups is 1. The third-order valence-corrected chi connectivity index (χ3v) is 2.65. The van der Waals surface area contributed by atoms with Gasteiger partial charge in [-0.2, -0.15) is 4.98 Å². The first-order valence-corrected chi connectivity index (χ1v) is 6.13. The Morgan fingerprint density at radius 3 is 2.95 bits per heavy atom. The van der Waals surface area contributed by atoms with E-state index in [0.717, 1.165) is 0 Å². The number of hydrogen-bond donors (Lipinski definition) is 2. The molecule has 0 radical (unpaired) electrons. The van der Waals surface area contributed by atoms with E-state index in [1.54, 1.807) is 13.8 Å². The van der Waals surface area contributed by atoms with E-state index in [0.29, 0.717) is 12.2 Å². The van der Waals surface area contributed by atoms with E-state index in [1.165, 1.54) is 18.2 Å². The molecule has 0 unspecified atom stereocenters. The van der Waals surface area contributed by atoms with Gasteiger partial charge in [-0.1, -0.05) is 6.07 Å². The second kappa shape index (κ2) is 5.99. The number of nitro benzene ring substituents is 1. The van der Waals surface area contributed by atoms with Crippen LogP contribution >= 0.6 is 0 Å². The summed E-state index contributed by atoms with van der Waals surface area (Å²) in [5.41, 5.74) is 0.652. The predicted molar refractivity (Wildman–Crippen MR) is 73.3 cm³/mol. The first kappa shape index (κ1) is 14.4. The van der Waals surface area contributed by atoms with E-state index >= 15 is 0 Å². The highest BCUT2D eigenvalue weighted by Gasteiger charge is 2.16. The molecule has 0 saturated heterocycles. The Balaban J connectivity index is 2.19. The Kier molecular flexibility index (Phi) is 4.12. The Hall–Kier alpha value is -2.97. The lowest BCUT2D eigenvalue weighted by molar-refractivity contribution is -0.384. The standard InChI is InChI=1S/C12H13N5O4/c1-3-21-12-14-11(15-16-12)13-10(18)9-6-8(17(19)20)5-4-7(9)2/h4-6H,3H2,1-2H3,(H2,13,14,15,16,18). The van der Waals surface area contributed by atoms with Crippen molar-refractivity contribution in [3.05, 3.63) is 39.4 Å². The van der Waals surface area contributed by atoms with Gasteiger partial charge in [-0.15, -0.1) is 5.10 Å². The van der Waals surface area contributed by atoms with Gasteiger partial charge in [0.25, 0.3) is 11.6 Å². The number of H-pyrrole nitrogens is 1. The molecule has 1 aromatic heterocycles. The average Bonchev–Trinajstić information content (AvgIpc) is 2.86. The molecule has 1 aromatic carbocycles. The fourth-order valence-corrected chi connectivity index (χ4v) is 1.64. The molecule has 0 bridgehead atoms. The van der Waals surface area contributed by atoms with Crippen LogP contribution in [0.25, 0.3) is 0 Å². The van der Waals surface area contributed by atoms with E-state index in [1.807, 2.05) is 0 Å². The molecule has 110 valence electrons. The first-order chi connectivity index (χ1) is 10.0. The molecule has 9 heteroatoms. The smallest absolute Gasteiger partial charge is 0.337 e. The highest BCUT2D eigenvalue weighted by atomic mass is 16.6. The second-order valence-electron chi connectivity index (χ2n) is 4.11. The van der Waals surface area contributed by atoms with E-state index in [4.69, 9.17) is 4.74 Å². The van der Waals surface area contributed by atoms with Crippen LogP contribution in [0, 0.1) is 17.0 Å². The summed E-state index contributed by atoms with van der Waals surface area (Å²) >= 11 is 0. The summed E-state index contributed by atoms with van der Waals surface area (Å²) in [6.07, 6.45) is 0. The highest BCUT2D eigenvalue weighted by molar-refractivity contribution is 6.04. The van der Waals surface area contributed by atoms with Crippen LogP contribution in [0.2, 0.25) is 0 Å². The van der Waals surface area contributed by atoms with Gasteiger partial charge in [0.15, 0.2) is 0 Å². The number of non-ortho nitro benzene ring substituents is 1. The summed E-state index contributed by atoms with van der Waals surface area (Å²) in [6.45, 7) is 3.86. The fraction of sp³-hybridized carbons (Fsp3) is 0.250. The molecule has 21 heavy (non-hydrogen) atoms. The zero-order valence-electron chi connectivity index (χ0n) is 11.4. The Morgan fingerprint density at radius 1 is 1.52 bits per heavy atom. The summed E-state index contributed by atoms with van der Waals surface area (Å²) in [5, 5.41) is 19.5. The van der Waals surface area contributed by atoms with Crippen molar-refractivity contribution in [3.63, 3.8) is 0 Å². The highest BCUT2D eigenvalue weighted by Crippen LogP contribution is 2.18. The van der Waals surface area contributed by atoms with E-state index in [-0.39, 0.29) is 23.2 Å². The van der Waals surface area contributed by atoms with Crippen molar-refractivity contribution in [2.75, 3.05) is 11.9 Å². The van der Waals surface area contributed by atoms with Crippen LogP contribution in [-0.2, 0) is 0 Å². The number of carbonyl (C=O) groups is 1. The zero-order chi connectivity index (χ0) is 15.4. The van der Waals surface area contributed by atoms with Crippen LogP contribution in [0.1, 0.15) is 22.8 Å². The summed E-state index contributed by atoms with van der Waals surface area (Å²) in [7, 11) is 0. The normalized spacial score (nSPS) is 10.2.